The normalized spacial score (nSPS) is 15.1. The van der Waals surface area contributed by atoms with E-state index in [0.29, 0.717) is 11.2 Å². The Morgan fingerprint density at radius 3 is 3.00 bits per heavy atom. The van der Waals surface area contributed by atoms with Crippen LogP contribution in [0.3, 0.4) is 0 Å². The minimum Gasteiger partial charge on any atom is -0.380 e. The summed E-state index contributed by atoms with van der Waals surface area (Å²) in [6.07, 6.45) is 9.26. The molecular weight excluding hydrogens is 184 g/mol. The van der Waals surface area contributed by atoms with Crippen LogP contribution in [0, 0.1) is 12.3 Å². The lowest BCUT2D eigenvalue weighted by atomic mass is 10.3. The zero-order valence-electron chi connectivity index (χ0n) is 7.05. The molecule has 0 unspecified atom stereocenters. The van der Waals surface area contributed by atoms with E-state index in [-0.39, 0.29) is 0 Å². The fourth-order valence-electron chi connectivity index (χ4n) is 1.08. The van der Waals surface area contributed by atoms with Gasteiger partial charge in [-0.3, -0.25) is 0 Å². The standard InChI is InChI=1S/C10H9ClN2/c1-2-7-5-9(10(11)12-6-7)13-8-3-4-8/h1,5-6,8,13H,3-4H2. The zero-order valence-corrected chi connectivity index (χ0v) is 7.80. The van der Waals surface area contributed by atoms with E-state index in [4.69, 9.17) is 18.0 Å². The van der Waals surface area contributed by atoms with Crippen LogP contribution in [0.25, 0.3) is 0 Å². The van der Waals surface area contributed by atoms with Gasteiger partial charge in [-0.2, -0.15) is 0 Å². The van der Waals surface area contributed by atoms with Gasteiger partial charge in [-0.15, -0.1) is 6.42 Å². The van der Waals surface area contributed by atoms with Crippen LogP contribution in [0.4, 0.5) is 5.69 Å². The second-order valence-electron chi connectivity index (χ2n) is 3.13. The topological polar surface area (TPSA) is 24.9 Å². The van der Waals surface area contributed by atoms with Crippen molar-refractivity contribution in [1.82, 2.24) is 4.98 Å². The summed E-state index contributed by atoms with van der Waals surface area (Å²) >= 11 is 5.88. The number of rotatable bonds is 2. The number of aromatic nitrogens is 1. The number of halogens is 1. The Bertz CT molecular complexity index is 364. The van der Waals surface area contributed by atoms with Crippen LogP contribution < -0.4 is 5.32 Å². The van der Waals surface area contributed by atoms with Crippen LogP contribution in [0.1, 0.15) is 18.4 Å². The molecule has 1 saturated carbocycles. The molecule has 1 aliphatic carbocycles. The first-order valence-electron chi connectivity index (χ1n) is 4.18. The molecule has 1 aliphatic rings. The van der Waals surface area contributed by atoms with E-state index >= 15 is 0 Å². The van der Waals surface area contributed by atoms with Gasteiger partial charge in [-0.1, -0.05) is 17.5 Å². The summed E-state index contributed by atoms with van der Waals surface area (Å²) < 4.78 is 0. The zero-order chi connectivity index (χ0) is 9.26. The minimum absolute atomic E-state index is 0.492. The predicted molar refractivity (Wildman–Crippen MR) is 53.8 cm³/mol. The second kappa shape index (κ2) is 3.27. The number of hydrogen-bond donors (Lipinski definition) is 1. The van der Waals surface area contributed by atoms with Crippen molar-refractivity contribution in [1.29, 1.82) is 0 Å². The average Bonchev–Trinajstić information content (AvgIpc) is 2.93. The van der Waals surface area contributed by atoms with Gasteiger partial charge < -0.3 is 5.32 Å². The van der Waals surface area contributed by atoms with E-state index in [2.05, 4.69) is 16.2 Å². The Labute approximate surface area is 82.3 Å². The van der Waals surface area contributed by atoms with Crippen molar-refractivity contribution in [2.24, 2.45) is 0 Å². The van der Waals surface area contributed by atoms with Gasteiger partial charge in [0.25, 0.3) is 0 Å². The SMILES string of the molecule is C#Cc1cnc(Cl)c(NC2CC2)c1. The first-order chi connectivity index (χ1) is 6.29. The largest absolute Gasteiger partial charge is 0.380 e. The van der Waals surface area contributed by atoms with Crippen molar-refractivity contribution in [2.45, 2.75) is 18.9 Å². The van der Waals surface area contributed by atoms with E-state index in [1.165, 1.54) is 12.8 Å². The number of pyridine rings is 1. The van der Waals surface area contributed by atoms with Gasteiger partial charge in [0.2, 0.25) is 0 Å². The quantitative estimate of drug-likeness (QED) is 0.575. The highest BCUT2D eigenvalue weighted by Gasteiger charge is 2.21. The molecule has 3 heteroatoms. The minimum atomic E-state index is 0.492. The summed E-state index contributed by atoms with van der Waals surface area (Å²) in [6, 6.07) is 2.42. The molecule has 1 fully saturated rings. The van der Waals surface area contributed by atoms with Crippen molar-refractivity contribution in [3.63, 3.8) is 0 Å². The van der Waals surface area contributed by atoms with Gasteiger partial charge in [0.15, 0.2) is 5.15 Å². The van der Waals surface area contributed by atoms with Crippen LogP contribution in [0.15, 0.2) is 12.3 Å². The number of nitrogens with one attached hydrogen (secondary N) is 1. The number of terminal acetylenes is 1. The van der Waals surface area contributed by atoms with E-state index in [1.807, 2.05) is 6.07 Å². The van der Waals surface area contributed by atoms with Crippen LogP contribution >= 0.6 is 11.6 Å². The molecule has 0 radical (unpaired) electrons. The fourth-order valence-corrected chi connectivity index (χ4v) is 1.23. The van der Waals surface area contributed by atoms with Gasteiger partial charge in [0.05, 0.1) is 5.69 Å². The third-order valence-corrected chi connectivity index (χ3v) is 2.24. The number of nitrogens with zero attached hydrogens (tertiary/aromatic N) is 1. The highest BCUT2D eigenvalue weighted by atomic mass is 35.5. The Morgan fingerprint density at radius 1 is 1.62 bits per heavy atom. The fraction of sp³-hybridized carbons (Fsp3) is 0.300. The highest BCUT2D eigenvalue weighted by Crippen LogP contribution is 2.28. The molecule has 0 amide bonds. The van der Waals surface area contributed by atoms with Gasteiger partial charge in [-0.25, -0.2) is 4.98 Å². The maximum absolute atomic E-state index is 5.88. The van der Waals surface area contributed by atoms with Gasteiger partial charge in [-0.05, 0) is 18.9 Å². The summed E-state index contributed by atoms with van der Waals surface area (Å²) in [4.78, 5) is 3.99. The summed E-state index contributed by atoms with van der Waals surface area (Å²) in [5.74, 6) is 2.53. The molecule has 1 heterocycles. The molecule has 13 heavy (non-hydrogen) atoms. The Morgan fingerprint density at radius 2 is 2.38 bits per heavy atom. The molecule has 1 N–H and O–H groups in total. The molecule has 2 nitrogen and oxygen atoms in total. The summed E-state index contributed by atoms with van der Waals surface area (Å²) in [7, 11) is 0. The molecule has 1 aromatic heterocycles. The van der Waals surface area contributed by atoms with Gasteiger partial charge in [0, 0.05) is 17.8 Å². The molecule has 0 aromatic carbocycles. The van der Waals surface area contributed by atoms with Crippen molar-refractivity contribution in [3.05, 3.63) is 23.0 Å². The molecule has 66 valence electrons. The Balaban J connectivity index is 2.25. The lowest BCUT2D eigenvalue weighted by molar-refractivity contribution is 1.14. The van der Waals surface area contributed by atoms with Crippen LogP contribution in [-0.4, -0.2) is 11.0 Å². The first kappa shape index (κ1) is 8.40. The molecule has 0 spiro atoms. The predicted octanol–water partition coefficient (Wildman–Crippen LogP) is 2.29. The van der Waals surface area contributed by atoms with Crippen molar-refractivity contribution in [2.75, 3.05) is 5.32 Å². The molecule has 2 rings (SSSR count). The lowest BCUT2D eigenvalue weighted by Crippen LogP contribution is -2.02. The van der Waals surface area contributed by atoms with Gasteiger partial charge in [0.1, 0.15) is 0 Å². The van der Waals surface area contributed by atoms with E-state index in [0.717, 1.165) is 11.3 Å². The Kier molecular flexibility index (Phi) is 2.12. The molecule has 0 bridgehead atoms. The molecule has 0 saturated heterocycles. The summed E-state index contributed by atoms with van der Waals surface area (Å²) in [5, 5.41) is 3.76. The van der Waals surface area contributed by atoms with Crippen molar-refractivity contribution >= 4 is 17.3 Å². The molecular formula is C10H9ClN2. The van der Waals surface area contributed by atoms with E-state index in [9.17, 15) is 0 Å². The van der Waals surface area contributed by atoms with Crippen LogP contribution in [0.5, 0.6) is 0 Å². The van der Waals surface area contributed by atoms with Crippen molar-refractivity contribution < 1.29 is 0 Å². The average molecular weight is 193 g/mol. The van der Waals surface area contributed by atoms with Crippen LogP contribution in [-0.2, 0) is 0 Å². The maximum atomic E-state index is 5.88. The first-order valence-corrected chi connectivity index (χ1v) is 4.56. The molecule has 0 atom stereocenters. The highest BCUT2D eigenvalue weighted by molar-refractivity contribution is 6.32. The van der Waals surface area contributed by atoms with E-state index < -0.39 is 0 Å². The third kappa shape index (κ3) is 1.93. The summed E-state index contributed by atoms with van der Waals surface area (Å²) in [5.41, 5.74) is 1.60. The number of anilines is 1. The lowest BCUT2D eigenvalue weighted by Gasteiger charge is -2.05. The number of hydrogen-bond acceptors (Lipinski definition) is 2. The monoisotopic (exact) mass is 192 g/mol. The van der Waals surface area contributed by atoms with Gasteiger partial charge >= 0.3 is 0 Å². The second-order valence-corrected chi connectivity index (χ2v) is 3.48. The molecule has 1 aromatic rings. The van der Waals surface area contributed by atoms with E-state index in [1.54, 1.807) is 6.20 Å². The Hall–Kier alpha value is -1.20. The van der Waals surface area contributed by atoms with Crippen molar-refractivity contribution in [3.8, 4) is 12.3 Å². The smallest absolute Gasteiger partial charge is 0.152 e. The van der Waals surface area contributed by atoms with Crippen LogP contribution in [0.2, 0.25) is 5.15 Å². The maximum Gasteiger partial charge on any atom is 0.152 e. The summed E-state index contributed by atoms with van der Waals surface area (Å²) in [6.45, 7) is 0. The third-order valence-electron chi connectivity index (χ3n) is 1.94. The molecule has 0 aliphatic heterocycles.